The second-order valence-corrected chi connectivity index (χ2v) is 6.12. The maximum Gasteiger partial charge on any atom is 0.340 e. The minimum Gasteiger partial charge on any atom is -0.508 e. The standard InChI is InChI=1S/C20H23NO4/c22-18-9-5-4-8-17(18)19(25-16-10-12-21-13-11-16)20(23)24-14-15-6-2-1-3-7-15/h1-9,16,19,21-22H,10-14H2. The summed E-state index contributed by atoms with van der Waals surface area (Å²) in [5.74, 6) is -0.443. The molecule has 0 bridgehead atoms. The topological polar surface area (TPSA) is 67.8 Å². The van der Waals surface area contributed by atoms with E-state index in [2.05, 4.69) is 5.32 Å². The number of ether oxygens (including phenoxy) is 2. The van der Waals surface area contributed by atoms with Crippen molar-refractivity contribution in [2.24, 2.45) is 0 Å². The molecule has 25 heavy (non-hydrogen) atoms. The van der Waals surface area contributed by atoms with E-state index in [1.807, 2.05) is 30.3 Å². The summed E-state index contributed by atoms with van der Waals surface area (Å²) in [5.41, 5.74) is 1.35. The van der Waals surface area contributed by atoms with E-state index < -0.39 is 12.1 Å². The highest BCUT2D eigenvalue weighted by Gasteiger charge is 2.29. The summed E-state index contributed by atoms with van der Waals surface area (Å²) >= 11 is 0. The molecule has 1 atom stereocenters. The van der Waals surface area contributed by atoms with Crippen LogP contribution >= 0.6 is 0 Å². The summed E-state index contributed by atoms with van der Waals surface area (Å²) in [6.07, 6.45) is 0.703. The Morgan fingerprint density at radius 3 is 2.48 bits per heavy atom. The number of hydrogen-bond acceptors (Lipinski definition) is 5. The van der Waals surface area contributed by atoms with Crippen molar-refractivity contribution in [2.45, 2.75) is 31.7 Å². The van der Waals surface area contributed by atoms with Gasteiger partial charge in [-0.05, 0) is 37.6 Å². The molecule has 1 aliphatic heterocycles. The fraction of sp³-hybridized carbons (Fsp3) is 0.350. The van der Waals surface area contributed by atoms with Crippen molar-refractivity contribution in [3.63, 3.8) is 0 Å². The van der Waals surface area contributed by atoms with Gasteiger partial charge in [-0.15, -0.1) is 0 Å². The van der Waals surface area contributed by atoms with Gasteiger partial charge in [0.2, 0.25) is 0 Å². The molecule has 0 spiro atoms. The van der Waals surface area contributed by atoms with Crippen LogP contribution in [-0.4, -0.2) is 30.3 Å². The predicted octanol–water partition coefficient (Wildman–Crippen LogP) is 2.95. The van der Waals surface area contributed by atoms with Crippen molar-refractivity contribution in [3.8, 4) is 5.75 Å². The Bertz CT molecular complexity index is 683. The lowest BCUT2D eigenvalue weighted by Gasteiger charge is -2.27. The van der Waals surface area contributed by atoms with Gasteiger partial charge in [0.1, 0.15) is 12.4 Å². The van der Waals surface area contributed by atoms with Crippen LogP contribution in [0.2, 0.25) is 0 Å². The van der Waals surface area contributed by atoms with E-state index in [9.17, 15) is 9.90 Å². The maximum atomic E-state index is 12.7. The number of piperidine rings is 1. The van der Waals surface area contributed by atoms with Crippen molar-refractivity contribution in [1.82, 2.24) is 5.32 Å². The van der Waals surface area contributed by atoms with Gasteiger partial charge < -0.3 is 19.9 Å². The Balaban J connectivity index is 1.72. The first-order chi connectivity index (χ1) is 12.2. The van der Waals surface area contributed by atoms with Crippen LogP contribution < -0.4 is 5.32 Å². The van der Waals surface area contributed by atoms with Gasteiger partial charge in [-0.1, -0.05) is 48.5 Å². The predicted molar refractivity (Wildman–Crippen MR) is 94.1 cm³/mol. The summed E-state index contributed by atoms with van der Waals surface area (Å²) in [6.45, 7) is 1.90. The van der Waals surface area contributed by atoms with Crippen LogP contribution in [0, 0.1) is 0 Å². The lowest BCUT2D eigenvalue weighted by atomic mass is 10.1. The fourth-order valence-electron chi connectivity index (χ4n) is 2.89. The fourth-order valence-corrected chi connectivity index (χ4v) is 2.89. The smallest absolute Gasteiger partial charge is 0.340 e. The molecule has 5 heteroatoms. The van der Waals surface area contributed by atoms with Crippen molar-refractivity contribution in [1.29, 1.82) is 0 Å². The highest BCUT2D eigenvalue weighted by Crippen LogP contribution is 2.30. The molecule has 0 aliphatic carbocycles. The number of carbonyl (C=O) groups is 1. The molecule has 2 aromatic carbocycles. The van der Waals surface area contributed by atoms with Crippen LogP contribution in [-0.2, 0) is 20.9 Å². The molecule has 1 aliphatic rings. The van der Waals surface area contributed by atoms with Crippen molar-refractivity contribution < 1.29 is 19.4 Å². The second-order valence-electron chi connectivity index (χ2n) is 6.12. The Kier molecular flexibility index (Phi) is 6.04. The third-order valence-electron chi connectivity index (χ3n) is 4.27. The van der Waals surface area contributed by atoms with Crippen molar-refractivity contribution >= 4 is 5.97 Å². The number of carbonyl (C=O) groups excluding carboxylic acids is 1. The van der Waals surface area contributed by atoms with E-state index in [4.69, 9.17) is 9.47 Å². The lowest BCUT2D eigenvalue weighted by molar-refractivity contribution is -0.164. The van der Waals surface area contributed by atoms with Crippen molar-refractivity contribution in [2.75, 3.05) is 13.1 Å². The third-order valence-corrected chi connectivity index (χ3v) is 4.27. The van der Waals surface area contributed by atoms with E-state index >= 15 is 0 Å². The molecule has 1 heterocycles. The van der Waals surface area contributed by atoms with Gasteiger partial charge in [-0.3, -0.25) is 0 Å². The van der Waals surface area contributed by atoms with Crippen LogP contribution in [0.25, 0.3) is 0 Å². The quantitative estimate of drug-likeness (QED) is 0.791. The molecule has 3 rings (SSSR count). The Morgan fingerprint density at radius 2 is 1.76 bits per heavy atom. The van der Waals surface area contributed by atoms with Gasteiger partial charge in [0.25, 0.3) is 0 Å². The molecule has 0 amide bonds. The average molecular weight is 341 g/mol. The maximum absolute atomic E-state index is 12.7. The summed E-state index contributed by atoms with van der Waals surface area (Å²) in [4.78, 5) is 12.7. The van der Waals surface area contributed by atoms with Gasteiger partial charge in [0.15, 0.2) is 6.10 Å². The Labute approximate surface area is 147 Å². The van der Waals surface area contributed by atoms with E-state index in [1.54, 1.807) is 24.3 Å². The van der Waals surface area contributed by atoms with Crippen LogP contribution in [0.15, 0.2) is 54.6 Å². The Morgan fingerprint density at radius 1 is 1.08 bits per heavy atom. The number of para-hydroxylation sites is 1. The molecule has 132 valence electrons. The third kappa shape index (κ3) is 4.81. The molecule has 2 N–H and O–H groups in total. The molecule has 1 fully saturated rings. The van der Waals surface area contributed by atoms with E-state index in [0.717, 1.165) is 31.5 Å². The molecule has 5 nitrogen and oxygen atoms in total. The first-order valence-corrected chi connectivity index (χ1v) is 8.58. The molecule has 0 aromatic heterocycles. The molecule has 2 aromatic rings. The van der Waals surface area contributed by atoms with E-state index in [1.165, 1.54) is 0 Å². The minimum absolute atomic E-state index is 0.0323. The SMILES string of the molecule is O=C(OCc1ccccc1)C(OC1CCNCC1)c1ccccc1O. The number of phenolic OH excluding ortho intramolecular Hbond substituents is 1. The average Bonchev–Trinajstić information content (AvgIpc) is 2.66. The van der Waals surface area contributed by atoms with E-state index in [0.29, 0.717) is 5.56 Å². The minimum atomic E-state index is -0.923. The highest BCUT2D eigenvalue weighted by molar-refractivity contribution is 5.77. The van der Waals surface area contributed by atoms with Gasteiger partial charge >= 0.3 is 5.97 Å². The summed E-state index contributed by atoms with van der Waals surface area (Å²) in [6, 6.07) is 16.3. The summed E-state index contributed by atoms with van der Waals surface area (Å²) in [7, 11) is 0. The molecule has 1 unspecified atom stereocenters. The van der Waals surface area contributed by atoms with Crippen LogP contribution in [0.4, 0.5) is 0 Å². The molecule has 0 radical (unpaired) electrons. The number of hydrogen-bond donors (Lipinski definition) is 2. The summed E-state index contributed by atoms with van der Waals surface area (Å²) in [5, 5.41) is 13.4. The van der Waals surface area contributed by atoms with Crippen LogP contribution in [0.1, 0.15) is 30.1 Å². The molecular formula is C20H23NO4. The van der Waals surface area contributed by atoms with Crippen LogP contribution in [0.3, 0.4) is 0 Å². The van der Waals surface area contributed by atoms with Crippen LogP contribution in [0.5, 0.6) is 5.75 Å². The van der Waals surface area contributed by atoms with Crippen molar-refractivity contribution in [3.05, 3.63) is 65.7 Å². The molecule has 0 saturated carbocycles. The second kappa shape index (κ2) is 8.65. The first-order valence-electron chi connectivity index (χ1n) is 8.58. The number of benzene rings is 2. The zero-order valence-corrected chi connectivity index (χ0v) is 14.1. The number of nitrogens with one attached hydrogen (secondary N) is 1. The van der Waals surface area contributed by atoms with Gasteiger partial charge in [0, 0.05) is 5.56 Å². The molecular weight excluding hydrogens is 318 g/mol. The summed E-state index contributed by atoms with van der Waals surface area (Å²) < 4.78 is 11.5. The zero-order chi connectivity index (χ0) is 17.5. The molecule has 1 saturated heterocycles. The van der Waals surface area contributed by atoms with Gasteiger partial charge in [-0.2, -0.15) is 0 Å². The monoisotopic (exact) mass is 341 g/mol. The van der Waals surface area contributed by atoms with E-state index in [-0.39, 0.29) is 18.5 Å². The van der Waals surface area contributed by atoms with Gasteiger partial charge in [-0.25, -0.2) is 4.79 Å². The normalized spacial score (nSPS) is 16.3. The Hall–Kier alpha value is -2.37. The number of aromatic hydroxyl groups is 1. The number of phenols is 1. The number of rotatable bonds is 6. The number of esters is 1. The first kappa shape index (κ1) is 17.5. The largest absolute Gasteiger partial charge is 0.508 e. The zero-order valence-electron chi connectivity index (χ0n) is 14.1. The van der Waals surface area contributed by atoms with Gasteiger partial charge in [0.05, 0.1) is 6.10 Å². The highest BCUT2D eigenvalue weighted by atomic mass is 16.6. The lowest BCUT2D eigenvalue weighted by Crippen LogP contribution is -2.35.